The summed E-state index contributed by atoms with van der Waals surface area (Å²) < 4.78 is 16.9. The van der Waals surface area contributed by atoms with E-state index in [4.69, 9.17) is 14.2 Å². The number of carboxylic acid groups (broad SMARTS) is 1. The van der Waals surface area contributed by atoms with Crippen LogP contribution in [0.1, 0.15) is 30.4 Å². The van der Waals surface area contributed by atoms with E-state index in [-0.39, 0.29) is 0 Å². The molecular weight excluding hydrogens is 386 g/mol. The van der Waals surface area contributed by atoms with E-state index in [2.05, 4.69) is 0 Å². The zero-order chi connectivity index (χ0) is 21.5. The molecule has 0 spiro atoms. The van der Waals surface area contributed by atoms with Gasteiger partial charge in [-0.3, -0.25) is 9.59 Å². The van der Waals surface area contributed by atoms with Gasteiger partial charge in [0.25, 0.3) is 0 Å². The standard InChI is InChI=1S/C23H25NO6/c1-23-13-16(15-6-4-5-7-17(15)30-23)20(22(26)27)21(25)24(23)11-10-14-8-9-18(28-2)19(12-14)29-3/h4-9,12,16,20H,10-11,13H2,1-3H3,(H,26,27)/t16-,20+,23+/m1/s1. The van der Waals surface area contributed by atoms with Crippen LogP contribution in [-0.2, 0) is 16.0 Å². The predicted octanol–water partition coefficient (Wildman–Crippen LogP) is 3.07. The number of hydrogen-bond donors (Lipinski definition) is 1. The molecule has 3 atom stereocenters. The second kappa shape index (κ2) is 7.55. The van der Waals surface area contributed by atoms with Crippen molar-refractivity contribution in [3.63, 3.8) is 0 Å². The van der Waals surface area contributed by atoms with E-state index in [1.165, 1.54) is 0 Å². The van der Waals surface area contributed by atoms with Gasteiger partial charge in [-0.15, -0.1) is 0 Å². The van der Waals surface area contributed by atoms with Crippen LogP contribution in [-0.4, -0.2) is 48.4 Å². The minimum atomic E-state index is -1.12. The SMILES string of the molecule is COc1ccc(CCN2C(=O)[C@@H](C(=O)O)[C@@H]3C[C@]2(C)Oc2ccccc23)cc1OC. The van der Waals surface area contributed by atoms with Gasteiger partial charge in [-0.25, -0.2) is 0 Å². The fraction of sp³-hybridized carbons (Fsp3) is 0.391. The lowest BCUT2D eigenvalue weighted by molar-refractivity contribution is -0.180. The Morgan fingerprint density at radius 2 is 1.93 bits per heavy atom. The second-order valence-electron chi connectivity index (χ2n) is 7.87. The average molecular weight is 411 g/mol. The zero-order valence-corrected chi connectivity index (χ0v) is 17.3. The Morgan fingerprint density at radius 3 is 2.63 bits per heavy atom. The van der Waals surface area contributed by atoms with Crippen molar-refractivity contribution in [1.29, 1.82) is 0 Å². The number of carboxylic acids is 1. The van der Waals surface area contributed by atoms with Gasteiger partial charge in [0.1, 0.15) is 11.7 Å². The van der Waals surface area contributed by atoms with Gasteiger partial charge in [0.2, 0.25) is 5.91 Å². The third-order valence-corrected chi connectivity index (χ3v) is 6.09. The summed E-state index contributed by atoms with van der Waals surface area (Å²) in [4.78, 5) is 26.9. The van der Waals surface area contributed by atoms with E-state index in [1.807, 2.05) is 49.4 Å². The molecule has 4 rings (SSSR count). The Kier molecular flexibility index (Phi) is 5.05. The number of nitrogens with zero attached hydrogens (tertiary/aromatic N) is 1. The normalized spacial score (nSPS) is 24.6. The van der Waals surface area contributed by atoms with E-state index in [0.29, 0.717) is 36.6 Å². The number of carbonyl (C=O) groups excluding carboxylic acids is 1. The quantitative estimate of drug-likeness (QED) is 0.736. The summed E-state index contributed by atoms with van der Waals surface area (Å²) in [6, 6.07) is 13.0. The molecule has 0 radical (unpaired) electrons. The van der Waals surface area contributed by atoms with E-state index in [1.54, 1.807) is 19.1 Å². The average Bonchev–Trinajstić information content (AvgIpc) is 2.72. The van der Waals surface area contributed by atoms with Crippen molar-refractivity contribution in [2.45, 2.75) is 31.4 Å². The number of fused-ring (bicyclic) bond motifs is 4. The molecule has 2 aromatic rings. The highest BCUT2D eigenvalue weighted by atomic mass is 16.5. The highest BCUT2D eigenvalue weighted by Crippen LogP contribution is 2.50. The maximum absolute atomic E-state index is 13.3. The van der Waals surface area contributed by atoms with Gasteiger partial charge in [0.05, 0.1) is 14.2 Å². The molecule has 1 amide bonds. The van der Waals surface area contributed by atoms with E-state index >= 15 is 0 Å². The fourth-order valence-corrected chi connectivity index (χ4v) is 4.61. The van der Waals surface area contributed by atoms with Gasteiger partial charge < -0.3 is 24.2 Å². The summed E-state index contributed by atoms with van der Waals surface area (Å²) >= 11 is 0. The number of methoxy groups -OCH3 is 2. The van der Waals surface area contributed by atoms with Gasteiger partial charge in [-0.2, -0.15) is 0 Å². The van der Waals surface area contributed by atoms with Gasteiger partial charge in [-0.1, -0.05) is 24.3 Å². The number of aliphatic carboxylic acids is 1. The van der Waals surface area contributed by atoms with Crippen LogP contribution < -0.4 is 14.2 Å². The number of benzene rings is 2. The lowest BCUT2D eigenvalue weighted by atomic mass is 9.73. The maximum Gasteiger partial charge on any atom is 0.316 e. The first-order valence-electron chi connectivity index (χ1n) is 9.91. The van der Waals surface area contributed by atoms with Crippen LogP contribution in [0.4, 0.5) is 0 Å². The molecule has 7 nitrogen and oxygen atoms in total. The number of hydrogen-bond acceptors (Lipinski definition) is 5. The number of piperidine rings is 1. The molecule has 1 fully saturated rings. The molecule has 2 aliphatic rings. The summed E-state index contributed by atoms with van der Waals surface area (Å²) in [6.45, 7) is 2.20. The van der Waals surface area contributed by atoms with Crippen molar-refractivity contribution in [3.05, 3.63) is 53.6 Å². The largest absolute Gasteiger partial charge is 0.493 e. The van der Waals surface area contributed by atoms with Gasteiger partial charge in [0, 0.05) is 18.9 Å². The van der Waals surface area contributed by atoms with Crippen molar-refractivity contribution in [1.82, 2.24) is 4.90 Å². The molecular formula is C23H25NO6. The first-order valence-corrected chi connectivity index (χ1v) is 9.91. The smallest absolute Gasteiger partial charge is 0.316 e. The predicted molar refractivity (Wildman–Crippen MR) is 109 cm³/mol. The van der Waals surface area contributed by atoms with E-state index in [9.17, 15) is 14.7 Å². The second-order valence-corrected chi connectivity index (χ2v) is 7.87. The fourth-order valence-electron chi connectivity index (χ4n) is 4.61. The number of para-hydroxylation sites is 1. The van der Waals surface area contributed by atoms with Crippen LogP contribution in [0.3, 0.4) is 0 Å². The van der Waals surface area contributed by atoms with Crippen molar-refractivity contribution in [2.75, 3.05) is 20.8 Å². The molecule has 0 saturated carbocycles. The van der Waals surface area contributed by atoms with Crippen LogP contribution in [0.2, 0.25) is 0 Å². The lowest BCUT2D eigenvalue weighted by Crippen LogP contribution is -2.64. The Balaban J connectivity index is 1.64. The molecule has 1 N–H and O–H groups in total. The van der Waals surface area contributed by atoms with Crippen molar-refractivity contribution < 1.29 is 28.9 Å². The van der Waals surface area contributed by atoms with Crippen molar-refractivity contribution in [3.8, 4) is 17.2 Å². The first kappa shape index (κ1) is 20.1. The van der Waals surface area contributed by atoms with Crippen LogP contribution in [0.5, 0.6) is 17.2 Å². The Labute approximate surface area is 175 Å². The number of carbonyl (C=O) groups is 2. The van der Waals surface area contributed by atoms with Crippen LogP contribution in [0.25, 0.3) is 0 Å². The molecule has 0 unspecified atom stereocenters. The maximum atomic E-state index is 13.3. The minimum absolute atomic E-state index is 0.337. The number of likely N-dealkylation sites (tertiary alicyclic amines) is 1. The summed E-state index contributed by atoms with van der Waals surface area (Å²) in [6.07, 6.45) is 0.975. The Bertz CT molecular complexity index is 989. The number of ether oxygens (including phenoxy) is 3. The molecule has 1 saturated heterocycles. The topological polar surface area (TPSA) is 85.3 Å². The molecule has 2 bridgehead atoms. The molecule has 2 aromatic carbocycles. The monoisotopic (exact) mass is 411 g/mol. The molecule has 30 heavy (non-hydrogen) atoms. The number of rotatable bonds is 6. The van der Waals surface area contributed by atoms with Crippen LogP contribution >= 0.6 is 0 Å². The zero-order valence-electron chi connectivity index (χ0n) is 17.3. The summed E-state index contributed by atoms with van der Waals surface area (Å²) in [7, 11) is 3.15. The van der Waals surface area contributed by atoms with Gasteiger partial charge in [0.15, 0.2) is 17.2 Å². The minimum Gasteiger partial charge on any atom is -0.493 e. The molecule has 158 valence electrons. The highest BCUT2D eigenvalue weighted by molar-refractivity contribution is 5.99. The highest BCUT2D eigenvalue weighted by Gasteiger charge is 2.56. The van der Waals surface area contributed by atoms with Crippen LogP contribution in [0, 0.1) is 5.92 Å². The molecule has 7 heteroatoms. The summed E-state index contributed by atoms with van der Waals surface area (Å²) in [5, 5.41) is 9.84. The molecule has 2 aliphatic heterocycles. The van der Waals surface area contributed by atoms with Crippen molar-refractivity contribution in [2.24, 2.45) is 5.92 Å². The van der Waals surface area contributed by atoms with E-state index < -0.39 is 29.4 Å². The summed E-state index contributed by atoms with van der Waals surface area (Å²) in [5.41, 5.74) is 0.850. The molecule has 0 aromatic heterocycles. The van der Waals surface area contributed by atoms with E-state index in [0.717, 1.165) is 11.1 Å². The Morgan fingerprint density at radius 1 is 1.20 bits per heavy atom. The third kappa shape index (κ3) is 3.24. The molecule has 2 heterocycles. The van der Waals surface area contributed by atoms with Crippen LogP contribution in [0.15, 0.2) is 42.5 Å². The van der Waals surface area contributed by atoms with Gasteiger partial charge in [-0.05, 0) is 42.7 Å². The first-order chi connectivity index (χ1) is 14.4. The Hall–Kier alpha value is -3.22. The summed E-state index contributed by atoms with van der Waals surface area (Å²) in [5.74, 6) is -1.14. The third-order valence-electron chi connectivity index (χ3n) is 6.09. The lowest BCUT2D eigenvalue weighted by Gasteiger charge is -2.52. The molecule has 0 aliphatic carbocycles. The van der Waals surface area contributed by atoms with Gasteiger partial charge >= 0.3 is 5.97 Å². The van der Waals surface area contributed by atoms with Crippen molar-refractivity contribution >= 4 is 11.9 Å². The number of amides is 1.